The van der Waals surface area contributed by atoms with Gasteiger partial charge in [-0.05, 0) is 24.3 Å². The lowest BCUT2D eigenvalue weighted by molar-refractivity contribution is -0.120. The maximum absolute atomic E-state index is 12.3. The molecule has 0 bridgehead atoms. The zero-order valence-electron chi connectivity index (χ0n) is 17.0. The maximum Gasteiger partial charge on any atom is 0.338 e. The SMILES string of the molecule is COc1ccc(OC)c(NC(=O)COC(=O)c2cc(Cl)c(OCC(N)=O)c(OC)c2)c1. The van der Waals surface area contributed by atoms with Crippen molar-refractivity contribution in [1.82, 2.24) is 0 Å². The first-order valence-corrected chi connectivity index (χ1v) is 9.14. The predicted octanol–water partition coefficient (Wildman–Crippen LogP) is 2.03. The summed E-state index contributed by atoms with van der Waals surface area (Å²) in [7, 11) is 4.26. The molecule has 2 amide bonds. The molecule has 0 saturated heterocycles. The van der Waals surface area contributed by atoms with E-state index in [1.54, 1.807) is 18.2 Å². The Kier molecular flexibility index (Phi) is 8.33. The van der Waals surface area contributed by atoms with Crippen LogP contribution >= 0.6 is 11.6 Å². The predicted molar refractivity (Wildman–Crippen MR) is 111 cm³/mol. The number of ether oxygens (including phenoxy) is 5. The maximum atomic E-state index is 12.3. The molecule has 0 fully saturated rings. The van der Waals surface area contributed by atoms with Gasteiger partial charge in [0.15, 0.2) is 24.7 Å². The number of anilines is 1. The highest BCUT2D eigenvalue weighted by molar-refractivity contribution is 6.32. The quantitative estimate of drug-likeness (QED) is 0.522. The molecule has 0 aromatic heterocycles. The molecule has 3 N–H and O–H groups in total. The number of hydrogen-bond acceptors (Lipinski definition) is 8. The third-order valence-electron chi connectivity index (χ3n) is 3.84. The number of hydrogen-bond donors (Lipinski definition) is 2. The van der Waals surface area contributed by atoms with E-state index in [0.29, 0.717) is 17.2 Å². The smallest absolute Gasteiger partial charge is 0.338 e. The van der Waals surface area contributed by atoms with Gasteiger partial charge in [0.2, 0.25) is 0 Å². The highest BCUT2D eigenvalue weighted by Gasteiger charge is 2.19. The largest absolute Gasteiger partial charge is 0.497 e. The molecule has 0 unspecified atom stereocenters. The highest BCUT2D eigenvalue weighted by atomic mass is 35.5. The Morgan fingerprint density at radius 1 is 0.968 bits per heavy atom. The van der Waals surface area contributed by atoms with E-state index in [9.17, 15) is 14.4 Å². The van der Waals surface area contributed by atoms with E-state index in [1.165, 1.54) is 33.5 Å². The molecule has 0 atom stereocenters. The van der Waals surface area contributed by atoms with Gasteiger partial charge in [-0.25, -0.2) is 4.79 Å². The summed E-state index contributed by atoms with van der Waals surface area (Å²) in [6.45, 7) is -0.993. The van der Waals surface area contributed by atoms with Crippen LogP contribution in [0.2, 0.25) is 5.02 Å². The minimum absolute atomic E-state index is 0.00174. The van der Waals surface area contributed by atoms with Gasteiger partial charge in [0.1, 0.15) is 11.5 Å². The van der Waals surface area contributed by atoms with Crippen LogP contribution in [-0.2, 0) is 14.3 Å². The van der Waals surface area contributed by atoms with Crippen LogP contribution in [0.3, 0.4) is 0 Å². The molecule has 0 aliphatic carbocycles. The molecule has 0 spiro atoms. The van der Waals surface area contributed by atoms with Crippen molar-refractivity contribution >= 4 is 35.1 Å². The van der Waals surface area contributed by atoms with E-state index in [-0.39, 0.29) is 22.1 Å². The zero-order chi connectivity index (χ0) is 23.0. The van der Waals surface area contributed by atoms with E-state index < -0.39 is 31.0 Å². The number of esters is 1. The molecular formula is C20H21ClN2O8. The Morgan fingerprint density at radius 3 is 2.29 bits per heavy atom. The first kappa shape index (κ1) is 23.6. The Labute approximate surface area is 183 Å². The van der Waals surface area contributed by atoms with Crippen molar-refractivity contribution in [3.05, 3.63) is 40.9 Å². The summed E-state index contributed by atoms with van der Waals surface area (Å²) in [6, 6.07) is 7.41. The number of nitrogens with one attached hydrogen (secondary N) is 1. The number of amides is 2. The molecule has 0 aliphatic heterocycles. The van der Waals surface area contributed by atoms with Gasteiger partial charge in [-0.1, -0.05) is 11.6 Å². The summed E-state index contributed by atoms with van der Waals surface area (Å²) in [5.41, 5.74) is 5.41. The van der Waals surface area contributed by atoms with E-state index in [2.05, 4.69) is 5.32 Å². The van der Waals surface area contributed by atoms with Gasteiger partial charge in [0.05, 0.1) is 37.6 Å². The van der Waals surface area contributed by atoms with Gasteiger partial charge in [-0.3, -0.25) is 9.59 Å². The van der Waals surface area contributed by atoms with Crippen molar-refractivity contribution in [1.29, 1.82) is 0 Å². The molecular weight excluding hydrogens is 432 g/mol. The number of benzene rings is 2. The van der Waals surface area contributed by atoms with Gasteiger partial charge in [-0.15, -0.1) is 0 Å². The van der Waals surface area contributed by atoms with Crippen LogP contribution in [0.4, 0.5) is 5.69 Å². The zero-order valence-corrected chi connectivity index (χ0v) is 17.8. The third kappa shape index (κ3) is 6.41. The van der Waals surface area contributed by atoms with Crippen molar-refractivity contribution in [3.8, 4) is 23.0 Å². The van der Waals surface area contributed by atoms with E-state index in [4.69, 9.17) is 41.0 Å². The molecule has 166 valence electrons. The summed E-state index contributed by atoms with van der Waals surface area (Å²) in [4.78, 5) is 35.5. The Bertz CT molecular complexity index is 980. The average molecular weight is 453 g/mol. The fourth-order valence-electron chi connectivity index (χ4n) is 2.43. The summed E-state index contributed by atoms with van der Waals surface area (Å²) in [6.07, 6.45) is 0. The fourth-order valence-corrected chi connectivity index (χ4v) is 2.70. The molecule has 2 aromatic carbocycles. The van der Waals surface area contributed by atoms with Crippen LogP contribution in [0.25, 0.3) is 0 Å². The molecule has 11 heteroatoms. The fraction of sp³-hybridized carbons (Fsp3) is 0.250. The first-order valence-electron chi connectivity index (χ1n) is 8.76. The van der Waals surface area contributed by atoms with Crippen LogP contribution < -0.4 is 30.0 Å². The Balaban J connectivity index is 2.06. The lowest BCUT2D eigenvalue weighted by Crippen LogP contribution is -2.21. The van der Waals surface area contributed by atoms with Gasteiger partial charge < -0.3 is 34.7 Å². The Hall–Kier alpha value is -3.66. The molecule has 0 aliphatic rings. The second kappa shape index (κ2) is 10.9. The van der Waals surface area contributed by atoms with Gasteiger partial charge in [0.25, 0.3) is 11.8 Å². The van der Waals surface area contributed by atoms with Crippen molar-refractivity contribution in [2.75, 3.05) is 39.9 Å². The van der Waals surface area contributed by atoms with Crippen LogP contribution in [0.1, 0.15) is 10.4 Å². The summed E-state index contributed by atoms with van der Waals surface area (Å²) < 4.78 is 25.6. The molecule has 0 saturated carbocycles. The minimum Gasteiger partial charge on any atom is -0.497 e. The topological polar surface area (TPSA) is 135 Å². The van der Waals surface area contributed by atoms with Crippen LogP contribution in [0.15, 0.2) is 30.3 Å². The molecule has 10 nitrogen and oxygen atoms in total. The van der Waals surface area contributed by atoms with Gasteiger partial charge >= 0.3 is 5.97 Å². The molecule has 2 rings (SSSR count). The second-order valence-corrected chi connectivity index (χ2v) is 6.34. The molecule has 2 aromatic rings. The number of primary amides is 1. The normalized spacial score (nSPS) is 10.1. The van der Waals surface area contributed by atoms with Crippen LogP contribution in [-0.4, -0.2) is 52.3 Å². The number of rotatable bonds is 10. The molecule has 0 radical (unpaired) electrons. The number of nitrogens with two attached hydrogens (primary N) is 1. The van der Waals surface area contributed by atoms with Crippen molar-refractivity contribution in [3.63, 3.8) is 0 Å². The van der Waals surface area contributed by atoms with E-state index in [1.807, 2.05) is 0 Å². The number of carbonyl (C=O) groups is 3. The number of halogens is 1. The summed E-state index contributed by atoms with van der Waals surface area (Å²) in [5, 5.41) is 2.58. The van der Waals surface area contributed by atoms with Crippen molar-refractivity contribution < 1.29 is 38.1 Å². The standard InChI is InChI=1S/C20H21ClN2O8/c1-27-12-4-5-15(28-2)14(8-12)23-18(25)10-31-20(26)11-6-13(21)19(16(7-11)29-3)30-9-17(22)24/h4-8H,9-10H2,1-3H3,(H2,22,24)(H,23,25). The van der Waals surface area contributed by atoms with Crippen LogP contribution in [0, 0.1) is 0 Å². The lowest BCUT2D eigenvalue weighted by atomic mass is 10.2. The second-order valence-electron chi connectivity index (χ2n) is 5.93. The average Bonchev–Trinajstić information content (AvgIpc) is 2.75. The van der Waals surface area contributed by atoms with E-state index >= 15 is 0 Å². The number of carbonyl (C=O) groups excluding carboxylic acids is 3. The molecule has 31 heavy (non-hydrogen) atoms. The van der Waals surface area contributed by atoms with E-state index in [0.717, 1.165) is 0 Å². The monoisotopic (exact) mass is 452 g/mol. The highest BCUT2D eigenvalue weighted by Crippen LogP contribution is 2.36. The third-order valence-corrected chi connectivity index (χ3v) is 4.12. The number of methoxy groups -OCH3 is 3. The van der Waals surface area contributed by atoms with Crippen molar-refractivity contribution in [2.24, 2.45) is 5.73 Å². The molecule has 0 heterocycles. The van der Waals surface area contributed by atoms with Crippen molar-refractivity contribution in [2.45, 2.75) is 0 Å². The lowest BCUT2D eigenvalue weighted by Gasteiger charge is -2.14. The van der Waals surface area contributed by atoms with Crippen LogP contribution in [0.5, 0.6) is 23.0 Å². The van der Waals surface area contributed by atoms with Gasteiger partial charge in [-0.2, -0.15) is 0 Å². The van der Waals surface area contributed by atoms with Gasteiger partial charge in [0, 0.05) is 6.07 Å². The first-order chi connectivity index (χ1) is 14.8. The summed E-state index contributed by atoms with van der Waals surface area (Å²) in [5.74, 6) is -1.08. The minimum atomic E-state index is -0.825. The Morgan fingerprint density at radius 2 is 1.68 bits per heavy atom. The summed E-state index contributed by atoms with van der Waals surface area (Å²) >= 11 is 6.10.